The molecule has 0 aliphatic rings. The van der Waals surface area contributed by atoms with Crippen molar-refractivity contribution in [1.29, 1.82) is 0 Å². The zero-order valence-electron chi connectivity index (χ0n) is 11.6. The summed E-state index contributed by atoms with van der Waals surface area (Å²) in [6.07, 6.45) is 3.78. The second-order valence-corrected chi connectivity index (χ2v) is 5.79. The van der Waals surface area contributed by atoms with E-state index < -0.39 is 0 Å². The molecule has 0 radical (unpaired) electrons. The van der Waals surface area contributed by atoms with Crippen LogP contribution < -0.4 is 0 Å². The summed E-state index contributed by atoms with van der Waals surface area (Å²) < 4.78 is 4.82. The first kappa shape index (κ1) is 12.5. The van der Waals surface area contributed by atoms with E-state index in [0.717, 1.165) is 38.2 Å². The molecular formula is C15H12BrN5. The van der Waals surface area contributed by atoms with Crippen molar-refractivity contribution in [3.8, 4) is 11.5 Å². The van der Waals surface area contributed by atoms with E-state index in [-0.39, 0.29) is 0 Å². The van der Waals surface area contributed by atoms with Crippen LogP contribution in [-0.4, -0.2) is 24.1 Å². The number of nitrogens with zero attached hydrogens (tertiary/aromatic N) is 5. The molecule has 104 valence electrons. The number of fused-ring (bicyclic) bond motifs is 2. The van der Waals surface area contributed by atoms with Crippen molar-refractivity contribution in [3.05, 3.63) is 46.8 Å². The summed E-state index contributed by atoms with van der Waals surface area (Å²) in [6.45, 7) is 1.97. The Morgan fingerprint density at radius 3 is 2.86 bits per heavy atom. The highest BCUT2D eigenvalue weighted by atomic mass is 79.9. The van der Waals surface area contributed by atoms with Gasteiger partial charge in [0.05, 0.1) is 27.2 Å². The van der Waals surface area contributed by atoms with Gasteiger partial charge in [0.2, 0.25) is 0 Å². The fourth-order valence-electron chi connectivity index (χ4n) is 2.51. The Bertz CT molecular complexity index is 982. The summed E-state index contributed by atoms with van der Waals surface area (Å²) >= 11 is 3.64. The van der Waals surface area contributed by atoms with Crippen LogP contribution in [0.15, 0.2) is 41.1 Å². The molecule has 0 amide bonds. The molecule has 4 heterocycles. The second-order valence-electron chi connectivity index (χ2n) is 5.00. The molecule has 0 saturated heterocycles. The van der Waals surface area contributed by atoms with Crippen molar-refractivity contribution in [1.82, 2.24) is 24.1 Å². The topological polar surface area (TPSA) is 48.0 Å². The molecule has 0 bridgehead atoms. The molecule has 0 saturated carbocycles. The van der Waals surface area contributed by atoms with Gasteiger partial charge in [-0.2, -0.15) is 5.10 Å². The van der Waals surface area contributed by atoms with Crippen LogP contribution in [0, 0.1) is 6.92 Å². The van der Waals surface area contributed by atoms with Crippen molar-refractivity contribution >= 4 is 32.5 Å². The molecule has 5 nitrogen and oxygen atoms in total. The predicted molar refractivity (Wildman–Crippen MR) is 85.1 cm³/mol. The Kier molecular flexibility index (Phi) is 2.62. The lowest BCUT2D eigenvalue weighted by Crippen LogP contribution is -1.94. The molecule has 0 aliphatic heterocycles. The van der Waals surface area contributed by atoms with Gasteiger partial charge in [0.25, 0.3) is 0 Å². The Balaban J connectivity index is 2.04. The fourth-order valence-corrected chi connectivity index (χ4v) is 3.08. The summed E-state index contributed by atoms with van der Waals surface area (Å²) in [7, 11) is 1.98. The highest BCUT2D eigenvalue weighted by Crippen LogP contribution is 2.31. The third-order valence-electron chi connectivity index (χ3n) is 3.60. The maximum atomic E-state index is 4.72. The van der Waals surface area contributed by atoms with Gasteiger partial charge in [0.1, 0.15) is 5.69 Å². The smallest absolute Gasteiger partial charge is 0.162 e. The summed E-state index contributed by atoms with van der Waals surface area (Å²) in [5, 5.41) is 4.63. The van der Waals surface area contributed by atoms with Crippen LogP contribution in [0.3, 0.4) is 0 Å². The maximum Gasteiger partial charge on any atom is 0.162 e. The summed E-state index contributed by atoms with van der Waals surface area (Å²) in [5.41, 5.74) is 4.75. The van der Waals surface area contributed by atoms with Crippen molar-refractivity contribution < 1.29 is 0 Å². The van der Waals surface area contributed by atoms with Gasteiger partial charge in [0, 0.05) is 18.9 Å². The Morgan fingerprint density at radius 2 is 2.05 bits per heavy atom. The van der Waals surface area contributed by atoms with E-state index in [1.165, 1.54) is 0 Å². The SMILES string of the molecule is Cc1cc2nc(-c3nn4ccccc4c3Br)n(C)c2cn1. The van der Waals surface area contributed by atoms with Crippen molar-refractivity contribution in [3.63, 3.8) is 0 Å². The van der Waals surface area contributed by atoms with Gasteiger partial charge in [-0.3, -0.25) is 4.98 Å². The lowest BCUT2D eigenvalue weighted by Gasteiger charge is -1.99. The number of hydrogen-bond donors (Lipinski definition) is 0. The van der Waals surface area contributed by atoms with Crippen LogP contribution in [0.1, 0.15) is 5.69 Å². The largest absolute Gasteiger partial charge is 0.324 e. The standard InChI is InChI=1S/C15H12BrN5/c1-9-7-10-12(8-17-9)20(2)15(18-10)14-13(16)11-5-3-4-6-21(11)19-14/h3-8H,1-2H3. The van der Waals surface area contributed by atoms with E-state index in [9.17, 15) is 0 Å². The monoisotopic (exact) mass is 341 g/mol. The van der Waals surface area contributed by atoms with Gasteiger partial charge in [-0.25, -0.2) is 9.50 Å². The van der Waals surface area contributed by atoms with Crippen molar-refractivity contribution in [2.24, 2.45) is 7.05 Å². The van der Waals surface area contributed by atoms with Gasteiger partial charge in [-0.15, -0.1) is 0 Å². The number of imidazole rings is 1. The van der Waals surface area contributed by atoms with Crippen LogP contribution in [0.4, 0.5) is 0 Å². The molecule has 4 aromatic rings. The average molecular weight is 342 g/mol. The Morgan fingerprint density at radius 1 is 1.19 bits per heavy atom. The molecule has 0 spiro atoms. The number of pyridine rings is 2. The Labute approximate surface area is 129 Å². The minimum Gasteiger partial charge on any atom is -0.324 e. The molecule has 0 unspecified atom stereocenters. The normalized spacial score (nSPS) is 11.6. The first-order valence-electron chi connectivity index (χ1n) is 6.57. The summed E-state index contributed by atoms with van der Waals surface area (Å²) in [5.74, 6) is 0.827. The van der Waals surface area contributed by atoms with Crippen LogP contribution in [0.2, 0.25) is 0 Å². The van der Waals surface area contributed by atoms with E-state index >= 15 is 0 Å². The predicted octanol–water partition coefficient (Wildman–Crippen LogP) is 3.35. The fraction of sp³-hybridized carbons (Fsp3) is 0.133. The van der Waals surface area contributed by atoms with E-state index in [1.54, 1.807) is 0 Å². The number of hydrogen-bond acceptors (Lipinski definition) is 3. The van der Waals surface area contributed by atoms with E-state index in [0.29, 0.717) is 0 Å². The first-order valence-corrected chi connectivity index (χ1v) is 7.37. The van der Waals surface area contributed by atoms with Gasteiger partial charge in [0.15, 0.2) is 5.82 Å². The third kappa shape index (κ3) is 1.79. The zero-order chi connectivity index (χ0) is 14.6. The average Bonchev–Trinajstić information content (AvgIpc) is 2.97. The number of rotatable bonds is 1. The third-order valence-corrected chi connectivity index (χ3v) is 4.38. The van der Waals surface area contributed by atoms with Gasteiger partial charge < -0.3 is 4.57 Å². The van der Waals surface area contributed by atoms with Gasteiger partial charge in [-0.05, 0) is 41.1 Å². The first-order chi connectivity index (χ1) is 10.1. The maximum absolute atomic E-state index is 4.72. The Hall–Kier alpha value is -2.21. The summed E-state index contributed by atoms with van der Waals surface area (Å²) in [6, 6.07) is 7.96. The lowest BCUT2D eigenvalue weighted by molar-refractivity contribution is 0.916. The zero-order valence-corrected chi connectivity index (χ0v) is 13.2. The van der Waals surface area contributed by atoms with Crippen LogP contribution in [-0.2, 0) is 7.05 Å². The molecule has 6 heteroatoms. The molecule has 0 atom stereocenters. The van der Waals surface area contributed by atoms with E-state index in [4.69, 9.17) is 4.98 Å². The summed E-state index contributed by atoms with van der Waals surface area (Å²) in [4.78, 5) is 9.06. The quantitative estimate of drug-likeness (QED) is 0.533. The minimum absolute atomic E-state index is 0.827. The number of halogens is 1. The van der Waals surface area contributed by atoms with Crippen LogP contribution in [0.5, 0.6) is 0 Å². The van der Waals surface area contributed by atoms with Crippen LogP contribution >= 0.6 is 15.9 Å². The van der Waals surface area contributed by atoms with Crippen LogP contribution in [0.25, 0.3) is 28.1 Å². The number of aryl methyl sites for hydroxylation is 2. The molecule has 21 heavy (non-hydrogen) atoms. The molecular weight excluding hydrogens is 330 g/mol. The highest BCUT2D eigenvalue weighted by Gasteiger charge is 2.18. The van der Waals surface area contributed by atoms with Gasteiger partial charge >= 0.3 is 0 Å². The van der Waals surface area contributed by atoms with E-state index in [1.807, 2.05) is 59.7 Å². The molecule has 0 N–H and O–H groups in total. The second kappa shape index (κ2) is 4.39. The molecule has 4 aromatic heterocycles. The van der Waals surface area contributed by atoms with E-state index in [2.05, 4.69) is 26.0 Å². The highest BCUT2D eigenvalue weighted by molar-refractivity contribution is 9.10. The molecule has 0 aromatic carbocycles. The minimum atomic E-state index is 0.827. The molecule has 0 fully saturated rings. The lowest BCUT2D eigenvalue weighted by atomic mass is 10.3. The number of aromatic nitrogens is 5. The van der Waals surface area contributed by atoms with Gasteiger partial charge in [-0.1, -0.05) is 6.07 Å². The van der Waals surface area contributed by atoms with Crippen molar-refractivity contribution in [2.45, 2.75) is 6.92 Å². The molecule has 4 rings (SSSR count). The molecule has 0 aliphatic carbocycles. The van der Waals surface area contributed by atoms with Crippen molar-refractivity contribution in [2.75, 3.05) is 0 Å².